The maximum atomic E-state index is 12.7. The van der Waals surface area contributed by atoms with Gasteiger partial charge in [-0.2, -0.15) is 22.8 Å². The molecule has 3 aromatic rings. The van der Waals surface area contributed by atoms with Crippen LogP contribution < -0.4 is 0 Å². The van der Waals surface area contributed by atoms with Gasteiger partial charge in [-0.25, -0.2) is 0 Å². The SMILES string of the molecule is CC[C@@H](Sc1ccc2nnc(-c3ccc(C(F)(F)F)cc3)n2n1)C(=O)O. The Kier molecular flexibility index (Phi) is 4.86. The van der Waals surface area contributed by atoms with Crippen LogP contribution in [0, 0.1) is 0 Å². The molecule has 10 heteroatoms. The third-order valence-corrected chi connectivity index (χ3v) is 4.90. The lowest BCUT2D eigenvalue weighted by atomic mass is 10.1. The number of aliphatic carboxylic acids is 1. The standard InChI is InChI=1S/C16H13F3N4O2S/c1-2-11(15(24)25)26-13-8-7-12-20-21-14(23(12)22-13)9-3-5-10(6-4-9)16(17,18)19/h3-8,11H,2H2,1H3,(H,24,25)/t11-/m1/s1. The van der Waals surface area contributed by atoms with Gasteiger partial charge in [0.05, 0.1) is 5.56 Å². The van der Waals surface area contributed by atoms with Crippen LogP contribution in [0.4, 0.5) is 13.2 Å². The average Bonchev–Trinajstić information content (AvgIpc) is 3.02. The van der Waals surface area contributed by atoms with Crippen molar-refractivity contribution >= 4 is 23.4 Å². The molecule has 2 aromatic heterocycles. The number of rotatable bonds is 5. The van der Waals surface area contributed by atoms with E-state index in [-0.39, 0.29) is 5.82 Å². The molecule has 1 aromatic carbocycles. The van der Waals surface area contributed by atoms with Gasteiger partial charge in [0.2, 0.25) is 0 Å². The van der Waals surface area contributed by atoms with Crippen molar-refractivity contribution in [2.24, 2.45) is 0 Å². The molecule has 1 N–H and O–H groups in total. The van der Waals surface area contributed by atoms with Crippen molar-refractivity contribution in [3.63, 3.8) is 0 Å². The predicted octanol–water partition coefficient (Wildman–Crippen LogP) is 3.77. The zero-order valence-corrected chi connectivity index (χ0v) is 14.3. The molecule has 0 aliphatic carbocycles. The van der Waals surface area contributed by atoms with Gasteiger partial charge in [0, 0.05) is 5.56 Å². The molecule has 0 saturated carbocycles. The topological polar surface area (TPSA) is 80.4 Å². The van der Waals surface area contributed by atoms with Gasteiger partial charge in [-0.15, -0.1) is 10.2 Å². The van der Waals surface area contributed by atoms with Crippen LogP contribution in [0.1, 0.15) is 18.9 Å². The fourth-order valence-corrected chi connectivity index (χ4v) is 3.11. The summed E-state index contributed by atoms with van der Waals surface area (Å²) in [4.78, 5) is 11.2. The van der Waals surface area contributed by atoms with E-state index in [4.69, 9.17) is 5.11 Å². The van der Waals surface area contributed by atoms with Crippen molar-refractivity contribution < 1.29 is 23.1 Å². The molecule has 0 saturated heterocycles. The maximum absolute atomic E-state index is 12.7. The number of aromatic nitrogens is 4. The molecule has 136 valence electrons. The van der Waals surface area contributed by atoms with E-state index >= 15 is 0 Å². The quantitative estimate of drug-likeness (QED) is 0.677. The van der Waals surface area contributed by atoms with Crippen LogP contribution in [-0.4, -0.2) is 36.1 Å². The number of alkyl halides is 3. The minimum Gasteiger partial charge on any atom is -0.480 e. The number of nitrogens with zero attached hydrogens (tertiary/aromatic N) is 4. The molecule has 1 atom stereocenters. The zero-order chi connectivity index (χ0) is 18.9. The Labute approximate surface area is 150 Å². The number of benzene rings is 1. The van der Waals surface area contributed by atoms with Crippen LogP contribution >= 0.6 is 11.8 Å². The van der Waals surface area contributed by atoms with Gasteiger partial charge < -0.3 is 5.11 Å². The molecule has 0 unspecified atom stereocenters. The first-order valence-corrected chi connectivity index (χ1v) is 8.47. The van der Waals surface area contributed by atoms with E-state index in [9.17, 15) is 18.0 Å². The third-order valence-electron chi connectivity index (χ3n) is 3.62. The van der Waals surface area contributed by atoms with E-state index in [0.29, 0.717) is 22.7 Å². The second kappa shape index (κ2) is 6.94. The van der Waals surface area contributed by atoms with E-state index in [1.54, 1.807) is 19.1 Å². The summed E-state index contributed by atoms with van der Waals surface area (Å²) in [6, 6.07) is 7.79. The average molecular weight is 382 g/mol. The highest BCUT2D eigenvalue weighted by Crippen LogP contribution is 2.31. The van der Waals surface area contributed by atoms with Crippen molar-refractivity contribution in [1.82, 2.24) is 19.8 Å². The van der Waals surface area contributed by atoms with Crippen molar-refractivity contribution in [1.29, 1.82) is 0 Å². The second-order valence-corrected chi connectivity index (χ2v) is 6.62. The Morgan fingerprint density at radius 3 is 2.46 bits per heavy atom. The Bertz CT molecular complexity index is 941. The van der Waals surface area contributed by atoms with Crippen LogP contribution in [-0.2, 0) is 11.0 Å². The molecule has 3 rings (SSSR count). The van der Waals surface area contributed by atoms with Gasteiger partial charge in [-0.1, -0.05) is 30.8 Å². The van der Waals surface area contributed by atoms with E-state index in [0.717, 1.165) is 23.9 Å². The Hall–Kier alpha value is -2.62. The highest BCUT2D eigenvalue weighted by molar-refractivity contribution is 8.00. The first-order chi connectivity index (χ1) is 12.3. The van der Waals surface area contributed by atoms with Gasteiger partial charge in [-0.3, -0.25) is 4.79 Å². The monoisotopic (exact) mass is 382 g/mol. The lowest BCUT2D eigenvalue weighted by Crippen LogP contribution is -2.15. The van der Waals surface area contributed by atoms with Crippen LogP contribution in [0.5, 0.6) is 0 Å². The fraction of sp³-hybridized carbons (Fsp3) is 0.250. The summed E-state index contributed by atoms with van der Waals surface area (Å²) < 4.78 is 39.5. The molecule has 0 spiro atoms. The molecule has 6 nitrogen and oxygen atoms in total. The number of hydrogen-bond acceptors (Lipinski definition) is 5. The summed E-state index contributed by atoms with van der Waals surface area (Å²) in [6.07, 6.45) is -3.99. The fourth-order valence-electron chi connectivity index (χ4n) is 2.28. The summed E-state index contributed by atoms with van der Waals surface area (Å²) in [5, 5.41) is 21.2. The summed E-state index contributed by atoms with van der Waals surface area (Å²) in [7, 11) is 0. The normalized spacial score (nSPS) is 13.1. The van der Waals surface area contributed by atoms with Crippen molar-refractivity contribution in [3.05, 3.63) is 42.0 Å². The molecule has 2 heterocycles. The van der Waals surface area contributed by atoms with Crippen LogP contribution in [0.25, 0.3) is 17.0 Å². The zero-order valence-electron chi connectivity index (χ0n) is 13.4. The number of fused-ring (bicyclic) bond motifs is 1. The van der Waals surface area contributed by atoms with E-state index in [1.807, 2.05) is 0 Å². The van der Waals surface area contributed by atoms with Crippen molar-refractivity contribution in [2.75, 3.05) is 0 Å². The molecule has 0 fully saturated rings. The molecule has 0 aliphatic heterocycles. The van der Waals surface area contributed by atoms with E-state index in [1.165, 1.54) is 16.6 Å². The molecule has 0 bridgehead atoms. The van der Waals surface area contributed by atoms with Gasteiger partial charge in [0.1, 0.15) is 10.3 Å². The molecule has 0 aliphatic rings. The molecular formula is C16H13F3N4O2S. The number of hydrogen-bond donors (Lipinski definition) is 1. The number of thioether (sulfide) groups is 1. The van der Waals surface area contributed by atoms with Crippen molar-refractivity contribution in [3.8, 4) is 11.4 Å². The highest BCUT2D eigenvalue weighted by Gasteiger charge is 2.30. The summed E-state index contributed by atoms with van der Waals surface area (Å²) >= 11 is 1.09. The Morgan fingerprint density at radius 2 is 1.88 bits per heavy atom. The Balaban J connectivity index is 1.97. The maximum Gasteiger partial charge on any atom is 0.416 e. The lowest BCUT2D eigenvalue weighted by molar-refractivity contribution is -0.138. The van der Waals surface area contributed by atoms with Gasteiger partial charge in [0.15, 0.2) is 11.5 Å². The van der Waals surface area contributed by atoms with Crippen molar-refractivity contribution in [2.45, 2.75) is 29.8 Å². The van der Waals surface area contributed by atoms with E-state index < -0.39 is 23.0 Å². The Morgan fingerprint density at radius 1 is 1.19 bits per heavy atom. The molecule has 0 amide bonds. The van der Waals surface area contributed by atoms with Gasteiger partial charge >= 0.3 is 12.1 Å². The van der Waals surface area contributed by atoms with Crippen LogP contribution in [0.2, 0.25) is 0 Å². The molecule has 26 heavy (non-hydrogen) atoms. The first-order valence-electron chi connectivity index (χ1n) is 7.59. The largest absolute Gasteiger partial charge is 0.480 e. The molecule has 0 radical (unpaired) electrons. The van der Waals surface area contributed by atoms with Crippen LogP contribution in [0.15, 0.2) is 41.4 Å². The summed E-state index contributed by atoms with van der Waals surface area (Å²) in [5.41, 5.74) is 0.0737. The number of halogens is 3. The summed E-state index contributed by atoms with van der Waals surface area (Å²) in [5.74, 6) is -0.661. The smallest absolute Gasteiger partial charge is 0.416 e. The summed E-state index contributed by atoms with van der Waals surface area (Å²) in [6.45, 7) is 1.76. The highest BCUT2D eigenvalue weighted by atomic mass is 32.2. The number of carboxylic acids is 1. The van der Waals surface area contributed by atoms with Gasteiger partial charge in [-0.05, 0) is 30.7 Å². The second-order valence-electron chi connectivity index (χ2n) is 5.39. The number of carbonyl (C=O) groups is 1. The molecular weight excluding hydrogens is 369 g/mol. The van der Waals surface area contributed by atoms with Gasteiger partial charge in [0.25, 0.3) is 0 Å². The lowest BCUT2D eigenvalue weighted by Gasteiger charge is -2.09. The third kappa shape index (κ3) is 3.64. The minimum atomic E-state index is -4.42. The number of carboxylic acid groups (broad SMARTS) is 1. The van der Waals surface area contributed by atoms with E-state index in [2.05, 4.69) is 15.3 Å². The first kappa shape index (κ1) is 18.2. The minimum absolute atomic E-state index is 0.277. The van der Waals surface area contributed by atoms with Crippen LogP contribution in [0.3, 0.4) is 0 Å². The predicted molar refractivity (Wildman–Crippen MR) is 88.8 cm³/mol.